The van der Waals surface area contributed by atoms with Gasteiger partial charge < -0.3 is 5.11 Å². The molecule has 0 bridgehead atoms. The van der Waals surface area contributed by atoms with Gasteiger partial charge in [0, 0.05) is 0 Å². The molecule has 0 amide bonds. The van der Waals surface area contributed by atoms with Crippen LogP contribution in [0.3, 0.4) is 0 Å². The highest BCUT2D eigenvalue weighted by Crippen LogP contribution is 2.38. The van der Waals surface area contributed by atoms with Gasteiger partial charge in [0.05, 0.1) is 0 Å². The molecule has 0 saturated carbocycles. The zero-order valence-electron chi connectivity index (χ0n) is 9.88. The van der Waals surface area contributed by atoms with Crippen LogP contribution in [-0.2, 0) is 6.42 Å². The lowest BCUT2D eigenvalue weighted by molar-refractivity contribution is 0.469. The minimum absolute atomic E-state index is 0.437. The van der Waals surface area contributed by atoms with Gasteiger partial charge in [-0.3, -0.25) is 0 Å². The highest BCUT2D eigenvalue weighted by molar-refractivity contribution is 5.46. The zero-order valence-corrected chi connectivity index (χ0v) is 9.88. The Morgan fingerprint density at radius 2 is 2.07 bits per heavy atom. The molecule has 0 heterocycles. The SMILES string of the molecule is CC(C)c1cc(O)cc2c1[C@H](C)CCC2. The molecule has 1 N–H and O–H groups in total. The van der Waals surface area contributed by atoms with Crippen LogP contribution in [0.4, 0.5) is 0 Å². The average Bonchev–Trinajstić information content (AvgIpc) is 2.16. The average molecular weight is 204 g/mol. The first-order valence-corrected chi connectivity index (χ1v) is 5.95. The highest BCUT2D eigenvalue weighted by atomic mass is 16.3. The van der Waals surface area contributed by atoms with Gasteiger partial charge in [-0.2, -0.15) is 0 Å². The first kappa shape index (κ1) is 10.5. The van der Waals surface area contributed by atoms with E-state index in [9.17, 15) is 5.11 Å². The predicted octanol–water partition coefficient (Wildman–Crippen LogP) is 3.96. The van der Waals surface area contributed by atoms with Crippen LogP contribution in [0, 0.1) is 0 Å². The monoisotopic (exact) mass is 204 g/mol. The Hall–Kier alpha value is -0.980. The number of benzene rings is 1. The molecule has 1 nitrogen and oxygen atoms in total. The van der Waals surface area contributed by atoms with Crippen LogP contribution in [0.15, 0.2) is 12.1 Å². The molecule has 2 rings (SSSR count). The number of aryl methyl sites for hydroxylation is 1. The minimum Gasteiger partial charge on any atom is -0.508 e. The summed E-state index contributed by atoms with van der Waals surface area (Å²) in [6.07, 6.45) is 3.68. The van der Waals surface area contributed by atoms with Gasteiger partial charge in [0.2, 0.25) is 0 Å². The molecule has 82 valence electrons. The summed E-state index contributed by atoms with van der Waals surface area (Å²) in [5.74, 6) is 1.60. The smallest absolute Gasteiger partial charge is 0.116 e. The Kier molecular flexibility index (Phi) is 2.72. The molecule has 0 fully saturated rings. The molecule has 0 aromatic heterocycles. The third-order valence-electron chi connectivity index (χ3n) is 3.48. The second-order valence-corrected chi connectivity index (χ2v) is 5.06. The summed E-state index contributed by atoms with van der Waals surface area (Å²) in [5.41, 5.74) is 4.23. The molecule has 0 unspecified atom stereocenters. The summed E-state index contributed by atoms with van der Waals surface area (Å²) in [6.45, 7) is 6.72. The Balaban J connectivity index is 2.58. The van der Waals surface area contributed by atoms with Crippen molar-refractivity contribution >= 4 is 0 Å². The van der Waals surface area contributed by atoms with Crippen LogP contribution in [0.2, 0.25) is 0 Å². The zero-order chi connectivity index (χ0) is 11.0. The number of aromatic hydroxyl groups is 1. The number of hydrogen-bond acceptors (Lipinski definition) is 1. The summed E-state index contributed by atoms with van der Waals surface area (Å²) in [7, 11) is 0. The van der Waals surface area contributed by atoms with E-state index in [1.807, 2.05) is 12.1 Å². The van der Waals surface area contributed by atoms with Gasteiger partial charge in [-0.25, -0.2) is 0 Å². The van der Waals surface area contributed by atoms with E-state index in [0.717, 1.165) is 6.42 Å². The third-order valence-corrected chi connectivity index (χ3v) is 3.48. The molecule has 0 aliphatic heterocycles. The maximum atomic E-state index is 9.70. The largest absolute Gasteiger partial charge is 0.508 e. The van der Waals surface area contributed by atoms with Gasteiger partial charge in [0.1, 0.15) is 5.75 Å². The summed E-state index contributed by atoms with van der Waals surface area (Å²) in [6, 6.07) is 3.90. The maximum absolute atomic E-state index is 9.70. The maximum Gasteiger partial charge on any atom is 0.116 e. The van der Waals surface area contributed by atoms with Crippen molar-refractivity contribution in [2.24, 2.45) is 0 Å². The van der Waals surface area contributed by atoms with E-state index in [1.165, 1.54) is 29.5 Å². The molecule has 1 atom stereocenters. The van der Waals surface area contributed by atoms with Crippen molar-refractivity contribution in [2.75, 3.05) is 0 Å². The minimum atomic E-state index is 0.437. The number of phenolic OH excluding ortho intramolecular Hbond substituents is 1. The van der Waals surface area contributed by atoms with Crippen molar-refractivity contribution in [3.63, 3.8) is 0 Å². The summed E-state index contributed by atoms with van der Waals surface area (Å²) < 4.78 is 0. The molecular weight excluding hydrogens is 184 g/mol. The molecule has 15 heavy (non-hydrogen) atoms. The number of fused-ring (bicyclic) bond motifs is 1. The van der Waals surface area contributed by atoms with Crippen LogP contribution in [0.25, 0.3) is 0 Å². The lowest BCUT2D eigenvalue weighted by Crippen LogP contribution is -2.11. The third kappa shape index (κ3) is 1.88. The van der Waals surface area contributed by atoms with Crippen molar-refractivity contribution in [3.8, 4) is 5.75 Å². The van der Waals surface area contributed by atoms with Gasteiger partial charge in [-0.15, -0.1) is 0 Å². The first-order valence-electron chi connectivity index (χ1n) is 5.95. The molecule has 1 heteroatoms. The van der Waals surface area contributed by atoms with Crippen LogP contribution in [0.1, 0.15) is 62.1 Å². The van der Waals surface area contributed by atoms with Gasteiger partial charge in [0.25, 0.3) is 0 Å². The van der Waals surface area contributed by atoms with Crippen molar-refractivity contribution < 1.29 is 5.11 Å². The standard InChI is InChI=1S/C14H20O/c1-9(2)13-8-12(15)7-11-6-4-5-10(3)14(11)13/h7-10,15H,4-6H2,1-3H3/t10-/m1/s1. The lowest BCUT2D eigenvalue weighted by atomic mass is 9.78. The Morgan fingerprint density at radius 3 is 2.73 bits per heavy atom. The van der Waals surface area contributed by atoms with Crippen LogP contribution < -0.4 is 0 Å². The lowest BCUT2D eigenvalue weighted by Gasteiger charge is -2.27. The normalized spacial score (nSPS) is 20.4. The van der Waals surface area contributed by atoms with Crippen molar-refractivity contribution in [3.05, 3.63) is 28.8 Å². The Labute approximate surface area is 92.1 Å². The van der Waals surface area contributed by atoms with Crippen LogP contribution in [-0.4, -0.2) is 5.11 Å². The molecular formula is C14H20O. The van der Waals surface area contributed by atoms with E-state index in [2.05, 4.69) is 20.8 Å². The van der Waals surface area contributed by atoms with E-state index in [4.69, 9.17) is 0 Å². The second-order valence-electron chi connectivity index (χ2n) is 5.06. The molecule has 1 aliphatic carbocycles. The number of hydrogen-bond donors (Lipinski definition) is 1. The Morgan fingerprint density at radius 1 is 1.33 bits per heavy atom. The first-order chi connectivity index (χ1) is 7.09. The van der Waals surface area contributed by atoms with Crippen molar-refractivity contribution in [1.29, 1.82) is 0 Å². The van der Waals surface area contributed by atoms with E-state index in [-0.39, 0.29) is 0 Å². The fourth-order valence-electron chi connectivity index (χ4n) is 2.75. The van der Waals surface area contributed by atoms with E-state index < -0.39 is 0 Å². The van der Waals surface area contributed by atoms with E-state index in [0.29, 0.717) is 17.6 Å². The topological polar surface area (TPSA) is 20.2 Å². The second kappa shape index (κ2) is 3.88. The van der Waals surface area contributed by atoms with E-state index in [1.54, 1.807) is 0 Å². The molecule has 0 radical (unpaired) electrons. The number of phenols is 1. The van der Waals surface area contributed by atoms with Gasteiger partial charge in [-0.05, 0) is 59.9 Å². The van der Waals surface area contributed by atoms with E-state index >= 15 is 0 Å². The van der Waals surface area contributed by atoms with Crippen molar-refractivity contribution in [1.82, 2.24) is 0 Å². The molecule has 0 saturated heterocycles. The summed E-state index contributed by atoms with van der Waals surface area (Å²) in [4.78, 5) is 0. The Bertz CT molecular complexity index is 366. The van der Waals surface area contributed by atoms with Crippen molar-refractivity contribution in [2.45, 2.75) is 51.9 Å². The molecule has 0 spiro atoms. The molecule has 1 aliphatic rings. The summed E-state index contributed by atoms with van der Waals surface area (Å²) in [5, 5.41) is 9.70. The van der Waals surface area contributed by atoms with Gasteiger partial charge in [0.15, 0.2) is 0 Å². The highest BCUT2D eigenvalue weighted by Gasteiger charge is 2.21. The van der Waals surface area contributed by atoms with Gasteiger partial charge >= 0.3 is 0 Å². The summed E-state index contributed by atoms with van der Waals surface area (Å²) >= 11 is 0. The number of rotatable bonds is 1. The van der Waals surface area contributed by atoms with Crippen LogP contribution in [0.5, 0.6) is 5.75 Å². The molecule has 1 aromatic rings. The van der Waals surface area contributed by atoms with Crippen LogP contribution >= 0.6 is 0 Å². The quantitative estimate of drug-likeness (QED) is 0.734. The molecule has 1 aromatic carbocycles. The fourth-order valence-corrected chi connectivity index (χ4v) is 2.75. The van der Waals surface area contributed by atoms with Gasteiger partial charge in [-0.1, -0.05) is 20.8 Å². The fraction of sp³-hybridized carbons (Fsp3) is 0.571. The predicted molar refractivity (Wildman–Crippen MR) is 63.5 cm³/mol.